The minimum Gasteiger partial charge on any atom is -0.457 e. The Balaban J connectivity index is 1.43. The summed E-state index contributed by atoms with van der Waals surface area (Å²) in [7, 11) is 0. The van der Waals surface area contributed by atoms with Crippen molar-refractivity contribution < 1.29 is 9.21 Å². The summed E-state index contributed by atoms with van der Waals surface area (Å²) in [6.45, 7) is 1.81. The summed E-state index contributed by atoms with van der Waals surface area (Å²) in [5.74, 6) is 0.900. The number of anilines is 1. The first kappa shape index (κ1) is 24.4. The van der Waals surface area contributed by atoms with E-state index in [0.717, 1.165) is 10.4 Å². The summed E-state index contributed by atoms with van der Waals surface area (Å²) in [5, 5.41) is 5.51. The number of thiophene rings is 1. The zero-order chi connectivity index (χ0) is 26.2. The van der Waals surface area contributed by atoms with Crippen LogP contribution >= 0.6 is 34.3 Å². The topological polar surface area (TPSA) is 76.6 Å². The Bertz CT molecular complexity index is 1870. The molecule has 0 saturated carbocycles. The van der Waals surface area contributed by atoms with Gasteiger partial charge in [-0.1, -0.05) is 59.3 Å². The highest BCUT2D eigenvalue weighted by Crippen LogP contribution is 2.33. The van der Waals surface area contributed by atoms with E-state index in [-0.39, 0.29) is 11.5 Å². The third kappa shape index (κ3) is 4.58. The number of halogens is 1. The molecule has 0 unspecified atom stereocenters. The molecular formula is C29H20ClN3O3S2. The molecule has 3 aromatic heterocycles. The van der Waals surface area contributed by atoms with Gasteiger partial charge in [0, 0.05) is 27.2 Å². The Kier molecular flexibility index (Phi) is 6.45. The van der Waals surface area contributed by atoms with Gasteiger partial charge in [-0.05, 0) is 54.8 Å². The highest BCUT2D eigenvalue weighted by Gasteiger charge is 2.33. The smallest absolute Gasteiger partial charge is 0.271 e. The largest absolute Gasteiger partial charge is 0.457 e. The number of aromatic nitrogens is 1. The first-order valence-corrected chi connectivity index (χ1v) is 13.8. The van der Waals surface area contributed by atoms with Gasteiger partial charge in [-0.15, -0.1) is 11.3 Å². The van der Waals surface area contributed by atoms with Gasteiger partial charge < -0.3 is 9.73 Å². The van der Waals surface area contributed by atoms with Crippen LogP contribution in [0.5, 0.6) is 0 Å². The molecule has 0 radical (unpaired) electrons. The van der Waals surface area contributed by atoms with E-state index >= 15 is 0 Å². The molecule has 0 fully saturated rings. The van der Waals surface area contributed by atoms with E-state index in [1.165, 1.54) is 22.7 Å². The number of hydrogen-bond donors (Lipinski definition) is 1. The second kappa shape index (κ2) is 10.1. The summed E-state index contributed by atoms with van der Waals surface area (Å²) >= 11 is 8.89. The Morgan fingerprint density at radius 3 is 2.68 bits per heavy atom. The molecule has 1 aliphatic rings. The maximum atomic E-state index is 13.8. The van der Waals surface area contributed by atoms with Crippen LogP contribution in [0.3, 0.4) is 0 Å². The third-order valence-electron chi connectivity index (χ3n) is 6.12. The number of benzene rings is 2. The van der Waals surface area contributed by atoms with Crippen molar-refractivity contribution in [3.05, 3.63) is 131 Å². The summed E-state index contributed by atoms with van der Waals surface area (Å²) in [6.07, 6.45) is 1.71. The van der Waals surface area contributed by atoms with Crippen molar-refractivity contribution in [3.63, 3.8) is 0 Å². The van der Waals surface area contributed by atoms with E-state index in [9.17, 15) is 9.59 Å². The van der Waals surface area contributed by atoms with Gasteiger partial charge in [0.1, 0.15) is 17.6 Å². The molecule has 1 aliphatic heterocycles. The number of rotatable bonds is 5. The maximum absolute atomic E-state index is 13.8. The van der Waals surface area contributed by atoms with Gasteiger partial charge in [0.15, 0.2) is 4.80 Å². The molecule has 38 heavy (non-hydrogen) atoms. The van der Waals surface area contributed by atoms with Crippen LogP contribution in [-0.2, 0) is 4.79 Å². The van der Waals surface area contributed by atoms with Crippen molar-refractivity contribution in [2.75, 3.05) is 5.32 Å². The quantitative estimate of drug-likeness (QED) is 0.294. The maximum Gasteiger partial charge on any atom is 0.271 e. The van der Waals surface area contributed by atoms with Gasteiger partial charge >= 0.3 is 0 Å². The number of carbonyl (C=O) groups excluding carboxylic acids is 1. The van der Waals surface area contributed by atoms with E-state index in [1.54, 1.807) is 23.6 Å². The van der Waals surface area contributed by atoms with Crippen molar-refractivity contribution in [3.8, 4) is 11.3 Å². The molecule has 1 N–H and O–H groups in total. The fourth-order valence-electron chi connectivity index (χ4n) is 4.40. The number of nitrogens with zero attached hydrogens (tertiary/aromatic N) is 2. The molecule has 0 bridgehead atoms. The zero-order valence-electron chi connectivity index (χ0n) is 20.1. The van der Waals surface area contributed by atoms with Gasteiger partial charge in [-0.2, -0.15) is 0 Å². The molecule has 0 aliphatic carbocycles. The number of para-hydroxylation sites is 1. The Morgan fingerprint density at radius 1 is 1.08 bits per heavy atom. The minimum absolute atomic E-state index is 0.231. The SMILES string of the molecule is CC1=C(C(=O)Nc2ccccc2)[C@@H](c2cccs2)n2c(sc(=Cc3ccc(-c4cccc(Cl)c4)o3)c2=O)=N1. The molecule has 0 spiro atoms. The van der Waals surface area contributed by atoms with Crippen LogP contribution in [0.25, 0.3) is 17.4 Å². The highest BCUT2D eigenvalue weighted by molar-refractivity contribution is 7.10. The fourth-order valence-corrected chi connectivity index (χ4v) is 6.44. The van der Waals surface area contributed by atoms with Crippen molar-refractivity contribution in [2.24, 2.45) is 4.99 Å². The van der Waals surface area contributed by atoms with Gasteiger partial charge in [-0.25, -0.2) is 4.99 Å². The third-order valence-corrected chi connectivity index (χ3v) is 8.26. The molecule has 4 heterocycles. The summed E-state index contributed by atoms with van der Waals surface area (Å²) < 4.78 is 8.08. The number of amides is 1. The van der Waals surface area contributed by atoms with Crippen LogP contribution in [0.4, 0.5) is 5.69 Å². The monoisotopic (exact) mass is 557 g/mol. The number of hydrogen-bond acceptors (Lipinski definition) is 6. The van der Waals surface area contributed by atoms with Crippen molar-refractivity contribution in [2.45, 2.75) is 13.0 Å². The van der Waals surface area contributed by atoms with Gasteiger partial charge in [0.05, 0.1) is 15.8 Å². The van der Waals surface area contributed by atoms with E-state index in [0.29, 0.717) is 42.8 Å². The first-order chi connectivity index (χ1) is 18.5. The summed E-state index contributed by atoms with van der Waals surface area (Å²) in [6, 6.07) is 23.6. The molecule has 1 amide bonds. The molecular weight excluding hydrogens is 538 g/mol. The lowest BCUT2D eigenvalue weighted by Gasteiger charge is -2.24. The number of nitrogens with one attached hydrogen (secondary N) is 1. The van der Waals surface area contributed by atoms with Crippen LogP contribution in [0.1, 0.15) is 23.6 Å². The molecule has 188 valence electrons. The van der Waals surface area contributed by atoms with Gasteiger partial charge in [0.25, 0.3) is 11.5 Å². The van der Waals surface area contributed by atoms with Crippen LogP contribution in [0.15, 0.2) is 110 Å². The lowest BCUT2D eigenvalue weighted by atomic mass is 10.0. The van der Waals surface area contributed by atoms with Crippen LogP contribution in [0.2, 0.25) is 5.02 Å². The Labute approximate surface area is 230 Å². The van der Waals surface area contributed by atoms with E-state index in [1.807, 2.05) is 78.2 Å². The second-order valence-corrected chi connectivity index (χ2v) is 11.1. The predicted molar refractivity (Wildman–Crippen MR) is 152 cm³/mol. The molecule has 6 nitrogen and oxygen atoms in total. The summed E-state index contributed by atoms with van der Waals surface area (Å²) in [5.41, 5.74) is 2.31. The summed E-state index contributed by atoms with van der Waals surface area (Å²) in [4.78, 5) is 33.3. The number of carbonyl (C=O) groups is 1. The lowest BCUT2D eigenvalue weighted by molar-refractivity contribution is -0.113. The van der Waals surface area contributed by atoms with E-state index in [2.05, 4.69) is 10.3 Å². The lowest BCUT2D eigenvalue weighted by Crippen LogP contribution is -2.40. The first-order valence-electron chi connectivity index (χ1n) is 11.8. The molecule has 5 aromatic rings. The van der Waals surface area contributed by atoms with Gasteiger partial charge in [0.2, 0.25) is 0 Å². The number of thiazole rings is 1. The molecule has 9 heteroatoms. The standard InChI is InChI=1S/C29H20ClN3O3S2/c1-17-25(27(34)32-20-9-3-2-4-10-20)26(23-11-6-14-37-23)33-28(35)24(38-29(33)31-17)16-21-12-13-22(36-21)18-7-5-8-19(30)15-18/h2-16,26H,1H3,(H,32,34)/t26-/m1/s1. The van der Waals surface area contributed by atoms with Crippen molar-refractivity contribution in [1.82, 2.24) is 4.57 Å². The van der Waals surface area contributed by atoms with Crippen LogP contribution in [-0.4, -0.2) is 10.5 Å². The average molecular weight is 558 g/mol. The number of allylic oxidation sites excluding steroid dienone is 1. The second-order valence-electron chi connectivity index (χ2n) is 8.63. The normalized spacial score (nSPS) is 15.3. The Hall–Kier alpha value is -3.98. The number of fused-ring (bicyclic) bond motifs is 1. The fraction of sp³-hybridized carbons (Fsp3) is 0.0690. The average Bonchev–Trinajstić information content (AvgIpc) is 3.66. The molecule has 6 rings (SSSR count). The molecule has 2 aromatic carbocycles. The van der Waals surface area contributed by atoms with E-state index < -0.39 is 6.04 Å². The molecule has 1 atom stereocenters. The van der Waals surface area contributed by atoms with Crippen molar-refractivity contribution in [1.29, 1.82) is 0 Å². The highest BCUT2D eigenvalue weighted by atomic mass is 35.5. The van der Waals surface area contributed by atoms with E-state index in [4.69, 9.17) is 16.0 Å². The van der Waals surface area contributed by atoms with Crippen LogP contribution < -0.4 is 20.2 Å². The van der Waals surface area contributed by atoms with Crippen LogP contribution in [0, 0.1) is 0 Å². The minimum atomic E-state index is -0.587. The van der Waals surface area contributed by atoms with Gasteiger partial charge in [-0.3, -0.25) is 14.2 Å². The predicted octanol–water partition coefficient (Wildman–Crippen LogP) is 5.85. The Morgan fingerprint density at radius 2 is 1.92 bits per heavy atom. The zero-order valence-corrected chi connectivity index (χ0v) is 22.4. The number of furan rings is 1. The molecule has 0 saturated heterocycles. The van der Waals surface area contributed by atoms with Crippen molar-refractivity contribution >= 4 is 51.9 Å².